The minimum atomic E-state index is -0.610. The number of ether oxygens (including phenoxy) is 3. The summed E-state index contributed by atoms with van der Waals surface area (Å²) in [6.45, 7) is 3.50. The molecule has 7 nitrogen and oxygen atoms in total. The Morgan fingerprint density at radius 3 is 2.48 bits per heavy atom. The average Bonchev–Trinajstić information content (AvgIpc) is 3.05. The maximum atomic E-state index is 12.7. The Labute approximate surface area is 185 Å². The Hall–Kier alpha value is -3.32. The van der Waals surface area contributed by atoms with Gasteiger partial charge in [-0.25, -0.2) is 4.79 Å². The quantitative estimate of drug-likeness (QED) is 0.383. The van der Waals surface area contributed by atoms with Crippen LogP contribution in [-0.4, -0.2) is 42.4 Å². The zero-order chi connectivity index (χ0) is 22.5. The fraction of sp³-hybridized carbons (Fsp3) is 0.261. The van der Waals surface area contributed by atoms with Crippen molar-refractivity contribution < 1.29 is 23.8 Å². The van der Waals surface area contributed by atoms with Crippen molar-refractivity contribution in [2.24, 2.45) is 0 Å². The number of Topliss-reactive ketones (excluding diaryl/α,β-unsaturated/α-hetero) is 1. The molecule has 0 saturated heterocycles. The second-order valence-corrected chi connectivity index (χ2v) is 7.27. The average molecular weight is 443 g/mol. The van der Waals surface area contributed by atoms with Gasteiger partial charge in [0.25, 0.3) is 0 Å². The molecule has 3 aromatic rings. The number of methoxy groups -OCH3 is 2. The van der Waals surface area contributed by atoms with E-state index in [-0.39, 0.29) is 5.78 Å². The molecular weight excluding hydrogens is 420 g/mol. The highest BCUT2D eigenvalue weighted by atomic mass is 35.5. The molecule has 2 aromatic carbocycles. The van der Waals surface area contributed by atoms with Crippen molar-refractivity contribution >= 4 is 23.4 Å². The van der Waals surface area contributed by atoms with Crippen molar-refractivity contribution in [1.82, 2.24) is 9.78 Å². The van der Waals surface area contributed by atoms with Crippen LogP contribution < -0.4 is 9.47 Å². The normalized spacial score (nSPS) is 10.6. The highest BCUT2D eigenvalue weighted by molar-refractivity contribution is 6.31. The number of rotatable bonds is 8. The van der Waals surface area contributed by atoms with E-state index in [2.05, 4.69) is 5.10 Å². The molecule has 0 radical (unpaired) electrons. The molecule has 8 heteroatoms. The maximum Gasteiger partial charge on any atom is 0.342 e. The van der Waals surface area contributed by atoms with Gasteiger partial charge in [-0.15, -0.1) is 0 Å². The zero-order valence-electron chi connectivity index (χ0n) is 17.8. The van der Waals surface area contributed by atoms with E-state index < -0.39 is 12.6 Å². The molecule has 0 N–H and O–H groups in total. The number of carbonyl (C=O) groups is 2. The summed E-state index contributed by atoms with van der Waals surface area (Å²) in [4.78, 5) is 25.3. The lowest BCUT2D eigenvalue weighted by molar-refractivity contribution is 0.0472. The van der Waals surface area contributed by atoms with Crippen LogP contribution in [-0.2, 0) is 11.3 Å². The second-order valence-electron chi connectivity index (χ2n) is 6.86. The Kier molecular flexibility index (Phi) is 6.97. The smallest absolute Gasteiger partial charge is 0.342 e. The summed E-state index contributed by atoms with van der Waals surface area (Å²) in [5.41, 5.74) is 2.68. The van der Waals surface area contributed by atoms with Crippen molar-refractivity contribution in [2.45, 2.75) is 20.4 Å². The molecule has 1 heterocycles. The van der Waals surface area contributed by atoms with E-state index in [1.54, 1.807) is 42.8 Å². The molecule has 0 aliphatic heterocycles. The first-order chi connectivity index (χ1) is 14.8. The summed E-state index contributed by atoms with van der Waals surface area (Å²) in [7, 11) is 2.98. The number of ketones is 1. The van der Waals surface area contributed by atoms with E-state index in [1.165, 1.54) is 14.2 Å². The van der Waals surface area contributed by atoms with Gasteiger partial charge in [-0.05, 0) is 37.6 Å². The van der Waals surface area contributed by atoms with Crippen molar-refractivity contribution in [3.05, 3.63) is 75.6 Å². The predicted octanol–water partition coefficient (Wildman–Crippen LogP) is 4.26. The molecule has 0 aliphatic carbocycles. The number of hydrogen-bond acceptors (Lipinski definition) is 6. The molecule has 31 heavy (non-hydrogen) atoms. The van der Waals surface area contributed by atoms with Crippen LogP contribution in [0.1, 0.15) is 37.7 Å². The lowest BCUT2D eigenvalue weighted by Gasteiger charge is -2.10. The van der Waals surface area contributed by atoms with Gasteiger partial charge in [-0.2, -0.15) is 5.10 Å². The second kappa shape index (κ2) is 9.66. The van der Waals surface area contributed by atoms with Crippen molar-refractivity contribution in [2.75, 3.05) is 20.8 Å². The zero-order valence-corrected chi connectivity index (χ0v) is 18.5. The monoisotopic (exact) mass is 442 g/mol. The number of halogens is 1. The van der Waals surface area contributed by atoms with Crippen LogP contribution in [0.4, 0.5) is 0 Å². The Bertz CT molecular complexity index is 1120. The fourth-order valence-corrected chi connectivity index (χ4v) is 3.44. The third-order valence-corrected chi connectivity index (χ3v) is 5.28. The van der Waals surface area contributed by atoms with Crippen LogP contribution in [0, 0.1) is 13.8 Å². The van der Waals surface area contributed by atoms with Crippen molar-refractivity contribution in [1.29, 1.82) is 0 Å². The summed E-state index contributed by atoms with van der Waals surface area (Å²) in [6, 6.07) is 12.3. The standard InChI is InChI=1S/C23H23ClN2O5/c1-14-22(15(2)26(25-14)12-16-7-5-6-8-19(16)24)23(28)31-13-20(27)18-10-9-17(29-3)11-21(18)30-4/h5-11H,12-13H2,1-4H3. The molecule has 0 bridgehead atoms. The van der Waals surface area contributed by atoms with Crippen LogP contribution in [0.25, 0.3) is 0 Å². The summed E-state index contributed by atoms with van der Waals surface area (Å²) in [6.07, 6.45) is 0. The number of hydrogen-bond donors (Lipinski definition) is 0. The van der Waals surface area contributed by atoms with E-state index >= 15 is 0 Å². The Morgan fingerprint density at radius 2 is 1.81 bits per heavy atom. The molecular formula is C23H23ClN2O5. The number of esters is 1. The predicted molar refractivity (Wildman–Crippen MR) is 116 cm³/mol. The Morgan fingerprint density at radius 1 is 1.06 bits per heavy atom. The molecule has 0 amide bonds. The number of aromatic nitrogens is 2. The number of nitrogens with zero attached hydrogens (tertiary/aromatic N) is 2. The van der Waals surface area contributed by atoms with Crippen LogP contribution in [0.15, 0.2) is 42.5 Å². The van der Waals surface area contributed by atoms with Crippen molar-refractivity contribution in [3.8, 4) is 11.5 Å². The molecule has 0 saturated carbocycles. The lowest BCUT2D eigenvalue weighted by Crippen LogP contribution is -2.16. The lowest BCUT2D eigenvalue weighted by atomic mass is 10.1. The SMILES string of the molecule is COc1ccc(C(=O)COC(=O)c2c(C)nn(Cc3ccccc3Cl)c2C)c(OC)c1. The first kappa shape index (κ1) is 22.4. The highest BCUT2D eigenvalue weighted by Gasteiger charge is 2.22. The van der Waals surface area contributed by atoms with Crippen LogP contribution in [0.3, 0.4) is 0 Å². The fourth-order valence-electron chi connectivity index (χ4n) is 3.24. The molecule has 0 atom stereocenters. The Balaban J connectivity index is 1.73. The largest absolute Gasteiger partial charge is 0.497 e. The van der Waals surface area contributed by atoms with Crippen LogP contribution in [0.2, 0.25) is 5.02 Å². The minimum absolute atomic E-state index is 0.305. The summed E-state index contributed by atoms with van der Waals surface area (Å²) in [5.74, 6) is -0.0873. The molecule has 0 aliphatic rings. The van der Waals surface area contributed by atoms with Gasteiger partial charge in [0.15, 0.2) is 6.61 Å². The molecule has 0 fully saturated rings. The molecule has 1 aromatic heterocycles. The van der Waals surface area contributed by atoms with Gasteiger partial charge < -0.3 is 14.2 Å². The van der Waals surface area contributed by atoms with E-state index in [1.807, 2.05) is 18.2 Å². The van der Waals surface area contributed by atoms with Gasteiger partial charge in [0.05, 0.1) is 37.7 Å². The number of carbonyl (C=O) groups excluding carboxylic acids is 2. The van der Waals surface area contributed by atoms with Crippen LogP contribution >= 0.6 is 11.6 Å². The number of benzene rings is 2. The van der Waals surface area contributed by atoms with E-state index in [9.17, 15) is 9.59 Å². The van der Waals surface area contributed by atoms with Gasteiger partial charge in [0, 0.05) is 11.1 Å². The van der Waals surface area contributed by atoms with E-state index in [4.69, 9.17) is 25.8 Å². The van der Waals surface area contributed by atoms with Gasteiger partial charge in [0.1, 0.15) is 17.1 Å². The van der Waals surface area contributed by atoms with Gasteiger partial charge in [-0.1, -0.05) is 29.8 Å². The molecule has 0 unspecified atom stereocenters. The highest BCUT2D eigenvalue weighted by Crippen LogP contribution is 2.25. The molecule has 162 valence electrons. The maximum absolute atomic E-state index is 12.7. The summed E-state index contributed by atoms with van der Waals surface area (Å²) < 4.78 is 17.4. The molecule has 0 spiro atoms. The summed E-state index contributed by atoms with van der Waals surface area (Å²) >= 11 is 6.23. The van der Waals surface area contributed by atoms with E-state index in [0.717, 1.165) is 5.56 Å². The van der Waals surface area contributed by atoms with Crippen molar-refractivity contribution in [3.63, 3.8) is 0 Å². The molecule has 3 rings (SSSR count). The van der Waals surface area contributed by atoms with Gasteiger partial charge in [-0.3, -0.25) is 9.48 Å². The third kappa shape index (κ3) is 4.88. The minimum Gasteiger partial charge on any atom is -0.497 e. The summed E-state index contributed by atoms with van der Waals surface area (Å²) in [5, 5.41) is 5.06. The third-order valence-electron chi connectivity index (χ3n) is 4.91. The van der Waals surface area contributed by atoms with Crippen LogP contribution in [0.5, 0.6) is 11.5 Å². The first-order valence-corrected chi connectivity index (χ1v) is 9.93. The first-order valence-electron chi connectivity index (χ1n) is 9.55. The number of aryl methyl sites for hydroxylation is 1. The van der Waals surface area contributed by atoms with Gasteiger partial charge >= 0.3 is 5.97 Å². The van der Waals surface area contributed by atoms with Gasteiger partial charge in [0.2, 0.25) is 5.78 Å². The topological polar surface area (TPSA) is 79.7 Å². The van der Waals surface area contributed by atoms with E-state index in [0.29, 0.717) is 45.6 Å².